The van der Waals surface area contributed by atoms with Gasteiger partial charge in [0.15, 0.2) is 0 Å². The van der Waals surface area contributed by atoms with Gasteiger partial charge in [-0.15, -0.1) is 0 Å². The van der Waals surface area contributed by atoms with Crippen molar-refractivity contribution in [1.82, 2.24) is 4.90 Å². The molecule has 1 aromatic rings. The van der Waals surface area contributed by atoms with Crippen LogP contribution < -0.4 is 5.32 Å². The molecule has 2 unspecified atom stereocenters. The third kappa shape index (κ3) is 3.80. The van der Waals surface area contributed by atoms with E-state index in [-0.39, 0.29) is 18.0 Å². The average Bonchev–Trinajstić information content (AvgIpc) is 2.42. The number of carbonyl (C=O) groups is 2. The zero-order valence-corrected chi connectivity index (χ0v) is 13.0. The van der Waals surface area contributed by atoms with E-state index in [0.717, 1.165) is 0 Å². The molecule has 1 heterocycles. The number of hydrogen-bond donors (Lipinski definition) is 2. The number of carbonyl (C=O) groups excluding carboxylic acids is 1. The summed E-state index contributed by atoms with van der Waals surface area (Å²) in [5, 5.41) is 12.6. The Bertz CT molecular complexity index is 565. The van der Waals surface area contributed by atoms with E-state index in [1.807, 2.05) is 6.92 Å². The normalized spacial score (nSPS) is 22.0. The van der Waals surface area contributed by atoms with Gasteiger partial charge in [-0.2, -0.15) is 0 Å². The van der Waals surface area contributed by atoms with Gasteiger partial charge in [0.25, 0.3) is 0 Å². The maximum atomic E-state index is 12.3. The van der Waals surface area contributed by atoms with E-state index in [2.05, 4.69) is 5.32 Å². The lowest BCUT2D eigenvalue weighted by molar-refractivity contribution is -0.143. The third-order valence-corrected chi connectivity index (χ3v) is 4.22. The van der Waals surface area contributed by atoms with Crippen molar-refractivity contribution >= 4 is 40.9 Å². The highest BCUT2D eigenvalue weighted by atomic mass is 35.5. The van der Waals surface area contributed by atoms with Crippen LogP contribution in [0.3, 0.4) is 0 Å². The summed E-state index contributed by atoms with van der Waals surface area (Å²) in [5.41, 5.74) is 0.446. The average molecular weight is 331 g/mol. The molecule has 0 aromatic heterocycles. The zero-order chi connectivity index (χ0) is 15.6. The molecule has 1 saturated heterocycles. The minimum absolute atomic E-state index is 0.141. The number of anilines is 1. The number of urea groups is 1. The first kappa shape index (κ1) is 15.9. The minimum atomic E-state index is -0.806. The first-order valence-corrected chi connectivity index (χ1v) is 7.39. The fourth-order valence-corrected chi connectivity index (χ4v) is 2.82. The lowest BCUT2D eigenvalue weighted by Crippen LogP contribution is -2.47. The zero-order valence-electron chi connectivity index (χ0n) is 11.5. The molecule has 1 aromatic carbocycles. The fraction of sp³-hybridized carbons (Fsp3) is 0.429. The molecular weight excluding hydrogens is 315 g/mol. The topological polar surface area (TPSA) is 69.6 Å². The van der Waals surface area contributed by atoms with Gasteiger partial charge in [0, 0.05) is 17.6 Å². The van der Waals surface area contributed by atoms with Crippen molar-refractivity contribution in [2.75, 3.05) is 11.9 Å². The molecule has 1 aliphatic heterocycles. The van der Waals surface area contributed by atoms with Crippen LogP contribution in [-0.4, -0.2) is 34.6 Å². The van der Waals surface area contributed by atoms with Crippen LogP contribution in [0.5, 0.6) is 0 Å². The second kappa shape index (κ2) is 6.54. The molecule has 0 spiro atoms. The van der Waals surface area contributed by atoms with Crippen molar-refractivity contribution < 1.29 is 14.7 Å². The molecule has 1 aliphatic rings. The number of piperidine rings is 1. The molecule has 5 nitrogen and oxygen atoms in total. The standard InChI is InChI=1S/C14H16Cl2N2O3/c1-8-6-9(13(19)20)4-5-18(8)14(21)17-12-7-10(15)2-3-11(12)16/h2-3,7-9H,4-6H2,1H3,(H,17,21)(H,19,20). The summed E-state index contributed by atoms with van der Waals surface area (Å²) in [6, 6.07) is 4.39. The highest BCUT2D eigenvalue weighted by Gasteiger charge is 2.32. The maximum Gasteiger partial charge on any atom is 0.322 e. The Kier molecular flexibility index (Phi) is 4.96. The molecular formula is C14H16Cl2N2O3. The fourth-order valence-electron chi connectivity index (χ4n) is 2.48. The molecule has 2 rings (SSSR count). The summed E-state index contributed by atoms with van der Waals surface area (Å²) in [7, 11) is 0. The third-order valence-electron chi connectivity index (χ3n) is 3.66. The van der Waals surface area contributed by atoms with Crippen molar-refractivity contribution in [3.63, 3.8) is 0 Å². The van der Waals surface area contributed by atoms with Crippen LogP contribution in [0.2, 0.25) is 10.0 Å². The van der Waals surface area contributed by atoms with Gasteiger partial charge in [-0.1, -0.05) is 23.2 Å². The first-order chi connectivity index (χ1) is 9.88. The van der Waals surface area contributed by atoms with Crippen molar-refractivity contribution in [3.05, 3.63) is 28.2 Å². The highest BCUT2D eigenvalue weighted by molar-refractivity contribution is 6.35. The SMILES string of the molecule is CC1CC(C(=O)O)CCN1C(=O)Nc1cc(Cl)ccc1Cl. The Morgan fingerprint density at radius 1 is 1.38 bits per heavy atom. The van der Waals surface area contributed by atoms with E-state index in [1.54, 1.807) is 23.1 Å². The van der Waals surface area contributed by atoms with E-state index in [0.29, 0.717) is 35.1 Å². The Morgan fingerprint density at radius 2 is 2.10 bits per heavy atom. The van der Waals surface area contributed by atoms with Crippen LogP contribution >= 0.6 is 23.2 Å². The number of halogens is 2. The summed E-state index contributed by atoms with van der Waals surface area (Å²) in [6.45, 7) is 2.25. The van der Waals surface area contributed by atoms with E-state index in [9.17, 15) is 9.59 Å². The van der Waals surface area contributed by atoms with Crippen LogP contribution in [-0.2, 0) is 4.79 Å². The van der Waals surface area contributed by atoms with Crippen LogP contribution in [0.15, 0.2) is 18.2 Å². The molecule has 0 bridgehead atoms. The lowest BCUT2D eigenvalue weighted by atomic mass is 9.92. The molecule has 2 atom stereocenters. The summed E-state index contributed by atoms with van der Waals surface area (Å²) in [4.78, 5) is 24.9. The van der Waals surface area contributed by atoms with E-state index >= 15 is 0 Å². The van der Waals surface area contributed by atoms with Crippen LogP contribution in [0, 0.1) is 5.92 Å². The monoisotopic (exact) mass is 330 g/mol. The number of carboxylic acids is 1. The van der Waals surface area contributed by atoms with Gasteiger partial charge in [-0.25, -0.2) is 4.79 Å². The largest absolute Gasteiger partial charge is 0.481 e. The number of hydrogen-bond acceptors (Lipinski definition) is 2. The predicted octanol–water partition coefficient (Wildman–Crippen LogP) is 3.71. The molecule has 114 valence electrons. The lowest BCUT2D eigenvalue weighted by Gasteiger charge is -2.36. The Labute approximate surface area is 132 Å². The number of nitrogens with zero attached hydrogens (tertiary/aromatic N) is 1. The van der Waals surface area contributed by atoms with Crippen molar-refractivity contribution in [2.24, 2.45) is 5.92 Å². The Morgan fingerprint density at radius 3 is 2.71 bits per heavy atom. The number of benzene rings is 1. The molecule has 0 aliphatic carbocycles. The summed E-state index contributed by atoms with van der Waals surface area (Å²) in [6.07, 6.45) is 0.905. The highest BCUT2D eigenvalue weighted by Crippen LogP contribution is 2.27. The molecule has 2 amide bonds. The van der Waals surface area contributed by atoms with Gasteiger partial charge in [-0.05, 0) is 38.0 Å². The second-order valence-electron chi connectivity index (χ2n) is 5.16. The molecule has 2 N–H and O–H groups in total. The van der Waals surface area contributed by atoms with E-state index in [1.165, 1.54) is 0 Å². The minimum Gasteiger partial charge on any atom is -0.481 e. The Hall–Kier alpha value is -1.46. The number of rotatable bonds is 2. The van der Waals surface area contributed by atoms with Crippen molar-refractivity contribution in [2.45, 2.75) is 25.8 Å². The molecule has 21 heavy (non-hydrogen) atoms. The number of aliphatic carboxylic acids is 1. The quantitative estimate of drug-likeness (QED) is 0.868. The van der Waals surface area contributed by atoms with E-state index in [4.69, 9.17) is 28.3 Å². The van der Waals surface area contributed by atoms with Crippen LogP contribution in [0.25, 0.3) is 0 Å². The predicted molar refractivity (Wildman–Crippen MR) is 82.0 cm³/mol. The van der Waals surface area contributed by atoms with Gasteiger partial charge in [0.1, 0.15) is 0 Å². The van der Waals surface area contributed by atoms with Gasteiger partial charge in [-0.3, -0.25) is 4.79 Å². The summed E-state index contributed by atoms with van der Waals surface area (Å²) >= 11 is 11.9. The van der Waals surface area contributed by atoms with E-state index < -0.39 is 5.97 Å². The maximum absolute atomic E-state index is 12.3. The van der Waals surface area contributed by atoms with Gasteiger partial charge in [0.2, 0.25) is 0 Å². The van der Waals surface area contributed by atoms with Crippen LogP contribution in [0.1, 0.15) is 19.8 Å². The summed E-state index contributed by atoms with van der Waals surface area (Å²) in [5.74, 6) is -1.20. The first-order valence-electron chi connectivity index (χ1n) is 6.64. The number of amides is 2. The Balaban J connectivity index is 2.04. The number of carboxylic acid groups (broad SMARTS) is 1. The molecule has 7 heteroatoms. The second-order valence-corrected chi connectivity index (χ2v) is 6.00. The van der Waals surface area contributed by atoms with Gasteiger partial charge >= 0.3 is 12.0 Å². The van der Waals surface area contributed by atoms with Crippen LogP contribution in [0.4, 0.5) is 10.5 Å². The van der Waals surface area contributed by atoms with Crippen molar-refractivity contribution in [1.29, 1.82) is 0 Å². The number of nitrogens with one attached hydrogen (secondary N) is 1. The van der Waals surface area contributed by atoms with Crippen molar-refractivity contribution in [3.8, 4) is 0 Å². The summed E-state index contributed by atoms with van der Waals surface area (Å²) < 4.78 is 0. The smallest absolute Gasteiger partial charge is 0.322 e. The molecule has 1 fully saturated rings. The van der Waals surface area contributed by atoms with Gasteiger partial charge < -0.3 is 15.3 Å². The molecule has 0 radical (unpaired) electrons. The molecule has 0 saturated carbocycles. The van der Waals surface area contributed by atoms with Gasteiger partial charge in [0.05, 0.1) is 16.6 Å². The number of likely N-dealkylation sites (tertiary alicyclic amines) is 1.